The van der Waals surface area contributed by atoms with E-state index in [0.717, 1.165) is 30.0 Å². The third-order valence-electron chi connectivity index (χ3n) is 3.27. The zero-order chi connectivity index (χ0) is 11.8. The predicted octanol–water partition coefficient (Wildman–Crippen LogP) is 2.86. The van der Waals surface area contributed by atoms with Gasteiger partial charge in [0.05, 0.1) is 5.02 Å². The second-order valence-electron chi connectivity index (χ2n) is 4.70. The van der Waals surface area contributed by atoms with Crippen LogP contribution in [-0.4, -0.2) is 14.5 Å². The molecular weight excluding hydrogens is 236 g/mol. The van der Waals surface area contributed by atoms with Crippen LogP contribution < -0.4 is 5.73 Å². The lowest BCUT2D eigenvalue weighted by molar-refractivity contribution is 0.588. The smallest absolute Gasteiger partial charge is 0.202 e. The van der Waals surface area contributed by atoms with Crippen LogP contribution in [0.2, 0.25) is 5.02 Å². The molecule has 1 aliphatic rings. The lowest BCUT2D eigenvalue weighted by atomic mass is 10.2. The van der Waals surface area contributed by atoms with Gasteiger partial charge in [0.25, 0.3) is 0 Å². The summed E-state index contributed by atoms with van der Waals surface area (Å²) in [6, 6.07) is 1.80. The van der Waals surface area contributed by atoms with Gasteiger partial charge >= 0.3 is 0 Å². The van der Waals surface area contributed by atoms with E-state index in [1.165, 1.54) is 19.3 Å². The van der Waals surface area contributed by atoms with Gasteiger partial charge in [0, 0.05) is 12.7 Å². The van der Waals surface area contributed by atoms with Crippen molar-refractivity contribution >= 4 is 28.7 Å². The molecule has 17 heavy (non-hydrogen) atoms. The van der Waals surface area contributed by atoms with Crippen LogP contribution in [0.3, 0.4) is 0 Å². The van der Waals surface area contributed by atoms with E-state index in [9.17, 15) is 0 Å². The summed E-state index contributed by atoms with van der Waals surface area (Å²) in [5.74, 6) is 1.49. The number of hydrogen-bond donors (Lipinski definition) is 1. The Labute approximate surface area is 105 Å². The minimum atomic E-state index is 0.533. The van der Waals surface area contributed by atoms with Crippen molar-refractivity contribution < 1.29 is 0 Å². The third kappa shape index (κ3) is 2.22. The number of halogens is 1. The normalized spacial score (nSPS) is 15.6. The molecule has 0 amide bonds. The fraction of sp³-hybridized carbons (Fsp3) is 0.500. The van der Waals surface area contributed by atoms with E-state index < -0.39 is 0 Å². The molecule has 1 aliphatic carbocycles. The highest BCUT2D eigenvalue weighted by atomic mass is 35.5. The van der Waals surface area contributed by atoms with Gasteiger partial charge in [-0.15, -0.1) is 0 Å². The molecule has 2 aromatic rings. The summed E-state index contributed by atoms with van der Waals surface area (Å²) in [6.07, 6.45) is 6.86. The minimum Gasteiger partial charge on any atom is -0.369 e. The molecule has 0 unspecified atom stereocenters. The van der Waals surface area contributed by atoms with E-state index in [1.807, 2.05) is 4.57 Å². The van der Waals surface area contributed by atoms with Crippen LogP contribution in [0.1, 0.15) is 25.7 Å². The second-order valence-corrected chi connectivity index (χ2v) is 5.14. The molecular formula is C12H15ClN4. The Hall–Kier alpha value is -1.29. The maximum absolute atomic E-state index is 5.90. The molecule has 3 rings (SSSR count). The summed E-state index contributed by atoms with van der Waals surface area (Å²) < 4.78 is 1.98. The van der Waals surface area contributed by atoms with E-state index in [0.29, 0.717) is 11.0 Å². The maximum Gasteiger partial charge on any atom is 0.202 e. The third-order valence-corrected chi connectivity index (χ3v) is 3.48. The number of rotatable bonds is 4. The molecule has 0 radical (unpaired) electrons. The Morgan fingerprint density at radius 3 is 3.06 bits per heavy atom. The van der Waals surface area contributed by atoms with Crippen LogP contribution in [0.5, 0.6) is 0 Å². The fourth-order valence-corrected chi connectivity index (χ4v) is 2.32. The Balaban J connectivity index is 1.83. The molecule has 0 spiro atoms. The van der Waals surface area contributed by atoms with E-state index in [-0.39, 0.29) is 0 Å². The van der Waals surface area contributed by atoms with Crippen molar-refractivity contribution in [1.82, 2.24) is 14.5 Å². The molecule has 90 valence electrons. The fourth-order valence-electron chi connectivity index (χ4n) is 2.17. The number of aryl methyl sites for hydroxylation is 1. The maximum atomic E-state index is 5.90. The highest BCUT2D eigenvalue weighted by Gasteiger charge is 2.20. The lowest BCUT2D eigenvalue weighted by Gasteiger charge is -2.04. The van der Waals surface area contributed by atoms with Crippen LogP contribution in [0.15, 0.2) is 12.3 Å². The highest BCUT2D eigenvalue weighted by Crippen LogP contribution is 2.33. The second kappa shape index (κ2) is 4.18. The number of anilines is 1. The molecule has 1 saturated carbocycles. The largest absolute Gasteiger partial charge is 0.369 e. The van der Waals surface area contributed by atoms with Crippen LogP contribution in [-0.2, 0) is 6.54 Å². The average molecular weight is 251 g/mol. The first kappa shape index (κ1) is 10.8. The van der Waals surface area contributed by atoms with Crippen molar-refractivity contribution in [2.24, 2.45) is 5.92 Å². The first-order chi connectivity index (χ1) is 8.24. The molecule has 2 heterocycles. The molecule has 0 saturated heterocycles. The number of hydrogen-bond acceptors (Lipinski definition) is 3. The molecule has 4 nitrogen and oxygen atoms in total. The summed E-state index contributed by atoms with van der Waals surface area (Å²) in [4.78, 5) is 8.58. The monoisotopic (exact) mass is 250 g/mol. The molecule has 0 aliphatic heterocycles. The number of nitrogens with zero attached hydrogens (tertiary/aromatic N) is 3. The number of aromatic nitrogens is 3. The zero-order valence-electron chi connectivity index (χ0n) is 9.56. The van der Waals surface area contributed by atoms with Gasteiger partial charge in [-0.25, -0.2) is 9.97 Å². The highest BCUT2D eigenvalue weighted by molar-refractivity contribution is 6.31. The molecule has 1 fully saturated rings. The van der Waals surface area contributed by atoms with Crippen LogP contribution in [0.4, 0.5) is 5.95 Å². The SMILES string of the molecule is Nc1nc2cc(Cl)cnc2n1CCCC1CC1. The van der Waals surface area contributed by atoms with Crippen LogP contribution in [0, 0.1) is 5.92 Å². The number of imidazole rings is 1. The summed E-state index contributed by atoms with van der Waals surface area (Å²) in [7, 11) is 0. The van der Waals surface area contributed by atoms with Gasteiger partial charge < -0.3 is 5.73 Å². The van der Waals surface area contributed by atoms with E-state index in [1.54, 1.807) is 12.3 Å². The number of fused-ring (bicyclic) bond motifs is 1. The first-order valence-electron chi connectivity index (χ1n) is 6.01. The molecule has 2 aromatic heterocycles. The average Bonchev–Trinajstić information content (AvgIpc) is 3.04. The van der Waals surface area contributed by atoms with Gasteiger partial charge in [0.15, 0.2) is 5.65 Å². The Bertz CT molecular complexity index is 545. The number of pyridine rings is 1. The zero-order valence-corrected chi connectivity index (χ0v) is 10.3. The number of nitrogen functional groups attached to an aromatic ring is 1. The number of nitrogens with two attached hydrogens (primary N) is 1. The van der Waals surface area contributed by atoms with Gasteiger partial charge in [-0.05, 0) is 24.8 Å². The molecule has 0 aromatic carbocycles. The van der Waals surface area contributed by atoms with Crippen molar-refractivity contribution in [2.75, 3.05) is 5.73 Å². The lowest BCUT2D eigenvalue weighted by Crippen LogP contribution is -2.04. The van der Waals surface area contributed by atoms with Crippen molar-refractivity contribution in [3.05, 3.63) is 17.3 Å². The van der Waals surface area contributed by atoms with E-state index in [4.69, 9.17) is 17.3 Å². The first-order valence-corrected chi connectivity index (χ1v) is 6.39. The van der Waals surface area contributed by atoms with Gasteiger partial charge in [-0.2, -0.15) is 0 Å². The standard InChI is InChI=1S/C12H15ClN4/c13-9-6-10-11(15-7-9)17(12(14)16-10)5-1-2-8-3-4-8/h6-8H,1-5H2,(H2,14,16). The Morgan fingerprint density at radius 2 is 2.29 bits per heavy atom. The summed E-state index contributed by atoms with van der Waals surface area (Å²) in [5, 5.41) is 0.597. The Kier molecular flexibility index (Phi) is 2.67. The van der Waals surface area contributed by atoms with Crippen molar-refractivity contribution in [2.45, 2.75) is 32.2 Å². The van der Waals surface area contributed by atoms with Gasteiger partial charge in [0.2, 0.25) is 5.95 Å². The van der Waals surface area contributed by atoms with Crippen LogP contribution in [0.25, 0.3) is 11.2 Å². The predicted molar refractivity (Wildman–Crippen MR) is 68.9 cm³/mol. The summed E-state index contributed by atoms with van der Waals surface area (Å²) in [5.41, 5.74) is 7.52. The van der Waals surface area contributed by atoms with Gasteiger partial charge in [-0.3, -0.25) is 4.57 Å². The van der Waals surface area contributed by atoms with Crippen LogP contribution >= 0.6 is 11.6 Å². The van der Waals surface area contributed by atoms with Crippen molar-refractivity contribution in [3.63, 3.8) is 0 Å². The topological polar surface area (TPSA) is 56.7 Å². The molecule has 0 bridgehead atoms. The van der Waals surface area contributed by atoms with Gasteiger partial charge in [-0.1, -0.05) is 24.4 Å². The van der Waals surface area contributed by atoms with E-state index in [2.05, 4.69) is 9.97 Å². The molecule has 0 atom stereocenters. The molecule has 5 heteroatoms. The molecule has 2 N–H and O–H groups in total. The minimum absolute atomic E-state index is 0.533. The van der Waals surface area contributed by atoms with Crippen molar-refractivity contribution in [3.8, 4) is 0 Å². The van der Waals surface area contributed by atoms with Crippen molar-refractivity contribution in [1.29, 1.82) is 0 Å². The summed E-state index contributed by atoms with van der Waals surface area (Å²) >= 11 is 5.88. The Morgan fingerprint density at radius 1 is 1.47 bits per heavy atom. The van der Waals surface area contributed by atoms with E-state index >= 15 is 0 Å². The summed E-state index contributed by atoms with van der Waals surface area (Å²) in [6.45, 7) is 0.896. The quantitative estimate of drug-likeness (QED) is 0.908. The van der Waals surface area contributed by atoms with Gasteiger partial charge in [0.1, 0.15) is 5.52 Å².